The highest BCUT2D eigenvalue weighted by atomic mass is 32.1. The zero-order chi connectivity index (χ0) is 13.9. The first-order chi connectivity index (χ1) is 9.74. The van der Waals surface area contributed by atoms with Gasteiger partial charge in [-0.2, -0.15) is 4.37 Å². The van der Waals surface area contributed by atoms with Crippen molar-refractivity contribution in [3.63, 3.8) is 0 Å². The third-order valence-electron chi connectivity index (χ3n) is 2.92. The van der Waals surface area contributed by atoms with Crippen molar-refractivity contribution in [3.8, 4) is 5.69 Å². The number of amides is 1. The smallest absolute Gasteiger partial charge is 0.258 e. The summed E-state index contributed by atoms with van der Waals surface area (Å²) in [5.74, 6) is -0.133. The van der Waals surface area contributed by atoms with Crippen LogP contribution in [-0.4, -0.2) is 19.8 Å². The Labute approximate surface area is 120 Å². The van der Waals surface area contributed by atoms with Gasteiger partial charge in [-0.05, 0) is 42.7 Å². The molecule has 0 bridgehead atoms. The van der Waals surface area contributed by atoms with Crippen molar-refractivity contribution >= 4 is 23.1 Å². The number of nitrogens with one attached hydrogen (secondary N) is 1. The Morgan fingerprint density at radius 1 is 1.30 bits per heavy atom. The quantitative estimate of drug-likeness (QED) is 0.804. The van der Waals surface area contributed by atoms with Gasteiger partial charge in [0.05, 0.1) is 17.6 Å². The first-order valence-electron chi connectivity index (χ1n) is 6.05. The van der Waals surface area contributed by atoms with Crippen molar-refractivity contribution in [2.75, 3.05) is 5.32 Å². The highest BCUT2D eigenvalue weighted by Crippen LogP contribution is 2.16. The molecule has 0 unspecified atom stereocenters. The van der Waals surface area contributed by atoms with Crippen LogP contribution in [0.2, 0.25) is 0 Å². The largest absolute Gasteiger partial charge is 0.322 e. The van der Waals surface area contributed by atoms with Crippen molar-refractivity contribution < 1.29 is 4.79 Å². The summed E-state index contributed by atoms with van der Waals surface area (Å²) in [4.78, 5) is 16.1. The van der Waals surface area contributed by atoms with Gasteiger partial charge < -0.3 is 9.88 Å². The van der Waals surface area contributed by atoms with Crippen LogP contribution in [0.5, 0.6) is 0 Å². The van der Waals surface area contributed by atoms with Gasteiger partial charge in [-0.3, -0.25) is 4.79 Å². The van der Waals surface area contributed by atoms with Crippen LogP contribution in [0.15, 0.2) is 48.4 Å². The fraction of sp³-hybridized carbons (Fsp3) is 0.0714. The number of rotatable bonds is 3. The molecule has 2 aromatic heterocycles. The Balaban J connectivity index is 1.76. The Morgan fingerprint density at radius 3 is 2.70 bits per heavy atom. The number of benzene rings is 1. The Bertz CT molecular complexity index is 716. The Kier molecular flexibility index (Phi) is 3.30. The van der Waals surface area contributed by atoms with Crippen LogP contribution in [0, 0.1) is 6.92 Å². The highest BCUT2D eigenvalue weighted by Gasteiger charge is 2.11. The second-order valence-electron chi connectivity index (χ2n) is 4.28. The van der Waals surface area contributed by atoms with Gasteiger partial charge >= 0.3 is 0 Å². The summed E-state index contributed by atoms with van der Waals surface area (Å²) >= 11 is 1.28. The molecule has 0 aliphatic rings. The number of carbonyl (C=O) groups is 1. The van der Waals surface area contributed by atoms with Gasteiger partial charge in [0.25, 0.3) is 5.91 Å². The molecule has 0 atom stereocenters. The molecule has 0 spiro atoms. The van der Waals surface area contributed by atoms with E-state index in [2.05, 4.69) is 14.7 Å². The van der Waals surface area contributed by atoms with Crippen molar-refractivity contribution in [3.05, 3.63) is 59.6 Å². The fourth-order valence-corrected chi connectivity index (χ4v) is 2.53. The summed E-state index contributed by atoms with van der Waals surface area (Å²) in [6.45, 7) is 1.83. The van der Waals surface area contributed by atoms with Crippen molar-refractivity contribution in [1.82, 2.24) is 13.9 Å². The van der Waals surface area contributed by atoms with E-state index in [0.717, 1.165) is 17.1 Å². The standard InChI is InChI=1S/C14H12N4OS/c1-10-13(8-20-17-10)14(19)16-11-2-4-12(5-3-11)18-7-6-15-9-18/h2-9H,1H3,(H,16,19). The molecule has 20 heavy (non-hydrogen) atoms. The lowest BCUT2D eigenvalue weighted by molar-refractivity contribution is 0.102. The molecule has 1 aromatic carbocycles. The predicted molar refractivity (Wildman–Crippen MR) is 78.4 cm³/mol. The predicted octanol–water partition coefficient (Wildman–Crippen LogP) is 2.89. The number of hydrogen-bond acceptors (Lipinski definition) is 4. The maximum Gasteiger partial charge on any atom is 0.258 e. The van der Waals surface area contributed by atoms with E-state index < -0.39 is 0 Å². The molecular formula is C14H12N4OS. The van der Waals surface area contributed by atoms with Crippen LogP contribution in [0.3, 0.4) is 0 Å². The van der Waals surface area contributed by atoms with Gasteiger partial charge in [-0.1, -0.05) is 0 Å². The number of hydrogen-bond donors (Lipinski definition) is 1. The molecule has 5 nitrogen and oxygen atoms in total. The molecule has 2 heterocycles. The minimum absolute atomic E-state index is 0.133. The lowest BCUT2D eigenvalue weighted by Crippen LogP contribution is -2.12. The van der Waals surface area contributed by atoms with Gasteiger partial charge in [0.15, 0.2) is 0 Å². The van der Waals surface area contributed by atoms with Gasteiger partial charge in [0.2, 0.25) is 0 Å². The fourth-order valence-electron chi connectivity index (χ4n) is 1.84. The van der Waals surface area contributed by atoms with E-state index in [4.69, 9.17) is 0 Å². The number of imidazole rings is 1. The van der Waals surface area contributed by atoms with E-state index in [9.17, 15) is 4.79 Å². The minimum atomic E-state index is -0.133. The highest BCUT2D eigenvalue weighted by molar-refractivity contribution is 7.04. The molecule has 0 saturated heterocycles. The number of aryl methyl sites for hydroxylation is 1. The first-order valence-corrected chi connectivity index (χ1v) is 6.88. The summed E-state index contributed by atoms with van der Waals surface area (Å²) in [6.07, 6.45) is 5.32. The van der Waals surface area contributed by atoms with E-state index in [1.165, 1.54) is 11.5 Å². The minimum Gasteiger partial charge on any atom is -0.322 e. The second kappa shape index (κ2) is 5.26. The molecule has 6 heteroatoms. The number of nitrogens with zero attached hydrogens (tertiary/aromatic N) is 3. The lowest BCUT2D eigenvalue weighted by atomic mass is 10.2. The number of aromatic nitrogens is 3. The molecule has 0 aliphatic carbocycles. The molecule has 3 rings (SSSR count). The summed E-state index contributed by atoms with van der Waals surface area (Å²) in [5.41, 5.74) is 3.12. The summed E-state index contributed by atoms with van der Waals surface area (Å²) in [7, 11) is 0. The molecule has 3 aromatic rings. The van der Waals surface area contributed by atoms with Gasteiger partial charge in [-0.15, -0.1) is 0 Å². The lowest BCUT2D eigenvalue weighted by Gasteiger charge is -2.06. The van der Waals surface area contributed by atoms with Crippen molar-refractivity contribution in [2.45, 2.75) is 6.92 Å². The zero-order valence-corrected chi connectivity index (χ0v) is 11.6. The number of anilines is 1. The molecule has 100 valence electrons. The van der Waals surface area contributed by atoms with Crippen LogP contribution in [0.4, 0.5) is 5.69 Å². The van der Waals surface area contributed by atoms with Crippen molar-refractivity contribution in [1.29, 1.82) is 0 Å². The Hall–Kier alpha value is -2.47. The molecule has 0 aliphatic heterocycles. The third-order valence-corrected chi connectivity index (χ3v) is 3.64. The molecule has 1 amide bonds. The van der Waals surface area contributed by atoms with Gasteiger partial charge in [-0.25, -0.2) is 4.98 Å². The topological polar surface area (TPSA) is 59.8 Å². The third kappa shape index (κ3) is 2.46. The molecule has 1 N–H and O–H groups in total. The van der Waals surface area contributed by atoms with Crippen LogP contribution in [0.1, 0.15) is 16.1 Å². The van der Waals surface area contributed by atoms with E-state index in [1.807, 2.05) is 42.0 Å². The molecule has 0 saturated carbocycles. The van der Waals surface area contributed by atoms with Gasteiger partial charge in [0, 0.05) is 29.1 Å². The normalized spacial score (nSPS) is 10.4. The Morgan fingerprint density at radius 2 is 2.10 bits per heavy atom. The van der Waals surface area contributed by atoms with Crippen LogP contribution in [0.25, 0.3) is 5.69 Å². The molecular weight excluding hydrogens is 272 g/mol. The maximum atomic E-state index is 12.0. The average Bonchev–Trinajstić information content (AvgIpc) is 3.10. The van der Waals surface area contributed by atoms with E-state index >= 15 is 0 Å². The van der Waals surface area contributed by atoms with Crippen LogP contribution < -0.4 is 5.32 Å². The van der Waals surface area contributed by atoms with E-state index in [0.29, 0.717) is 5.56 Å². The first kappa shape index (κ1) is 12.6. The van der Waals surface area contributed by atoms with E-state index in [1.54, 1.807) is 17.9 Å². The SMILES string of the molecule is Cc1nscc1C(=O)Nc1ccc(-n2ccnc2)cc1. The van der Waals surface area contributed by atoms with Gasteiger partial charge in [0.1, 0.15) is 0 Å². The molecule has 0 fully saturated rings. The summed E-state index contributed by atoms with van der Waals surface area (Å²) < 4.78 is 6.00. The molecule has 0 radical (unpaired) electrons. The van der Waals surface area contributed by atoms with Crippen LogP contribution >= 0.6 is 11.5 Å². The van der Waals surface area contributed by atoms with Crippen molar-refractivity contribution in [2.24, 2.45) is 0 Å². The summed E-state index contributed by atoms with van der Waals surface area (Å²) in [5, 5.41) is 4.61. The van der Waals surface area contributed by atoms with E-state index in [-0.39, 0.29) is 5.91 Å². The zero-order valence-electron chi connectivity index (χ0n) is 10.8. The number of carbonyl (C=O) groups excluding carboxylic acids is 1. The van der Waals surface area contributed by atoms with Crippen LogP contribution in [-0.2, 0) is 0 Å². The maximum absolute atomic E-state index is 12.0. The second-order valence-corrected chi connectivity index (χ2v) is 4.91. The summed E-state index contributed by atoms with van der Waals surface area (Å²) in [6, 6.07) is 7.58. The monoisotopic (exact) mass is 284 g/mol. The average molecular weight is 284 g/mol.